The standard InChI is InChI=1S/C55H33N3/c1-2-15-39(16-3-1)57-50-23-9-8-20-43(50)47-31-35(25-28-51(47)57)36-26-29-52-48(32-36)46-27-24-34-12-4-5-18-41(34)55(46)58(52)40-17-10-13-37(30-40)49-33-38-14-11-22-44-42-19-6-7-21-45(42)54(56-49)53(38)44/h1-33H. The van der Waals surface area contributed by atoms with E-state index in [1.54, 1.807) is 0 Å². The molecule has 0 spiro atoms. The van der Waals surface area contributed by atoms with Gasteiger partial charge in [-0.2, -0.15) is 0 Å². The van der Waals surface area contributed by atoms with Crippen LogP contribution in [0.4, 0.5) is 0 Å². The molecule has 0 radical (unpaired) electrons. The molecule has 3 heteroatoms. The summed E-state index contributed by atoms with van der Waals surface area (Å²) in [6.07, 6.45) is 0. The molecule has 1 aliphatic carbocycles. The summed E-state index contributed by atoms with van der Waals surface area (Å²) in [7, 11) is 0. The van der Waals surface area contributed by atoms with Gasteiger partial charge in [0.1, 0.15) is 0 Å². The highest BCUT2D eigenvalue weighted by Crippen LogP contribution is 2.47. The quantitative estimate of drug-likeness (QED) is 0.176. The van der Waals surface area contributed by atoms with E-state index < -0.39 is 0 Å². The highest BCUT2D eigenvalue weighted by atomic mass is 15.0. The van der Waals surface area contributed by atoms with Gasteiger partial charge in [0.15, 0.2) is 0 Å². The van der Waals surface area contributed by atoms with Crippen LogP contribution in [0.5, 0.6) is 0 Å². The summed E-state index contributed by atoms with van der Waals surface area (Å²) in [6.45, 7) is 0. The first kappa shape index (κ1) is 31.5. The Kier molecular flexibility index (Phi) is 6.44. The van der Waals surface area contributed by atoms with Crippen molar-refractivity contribution < 1.29 is 0 Å². The van der Waals surface area contributed by atoms with Gasteiger partial charge in [-0.3, -0.25) is 0 Å². The summed E-state index contributed by atoms with van der Waals surface area (Å²) in [5.41, 5.74) is 16.4. The van der Waals surface area contributed by atoms with Crippen LogP contribution in [0, 0.1) is 0 Å². The molecule has 0 atom stereocenters. The Hall–Kier alpha value is -7.75. The Morgan fingerprint density at radius 1 is 0.328 bits per heavy atom. The largest absolute Gasteiger partial charge is 0.309 e. The summed E-state index contributed by atoms with van der Waals surface area (Å²) < 4.78 is 4.84. The van der Waals surface area contributed by atoms with Gasteiger partial charge in [0.2, 0.25) is 0 Å². The third kappa shape index (κ3) is 4.41. The van der Waals surface area contributed by atoms with E-state index in [0.717, 1.165) is 22.6 Å². The van der Waals surface area contributed by atoms with Crippen molar-refractivity contribution in [1.82, 2.24) is 14.1 Å². The lowest BCUT2D eigenvalue weighted by Crippen LogP contribution is -1.96. The molecule has 1 aliphatic rings. The van der Waals surface area contributed by atoms with Gasteiger partial charge in [0.05, 0.1) is 33.5 Å². The van der Waals surface area contributed by atoms with E-state index in [4.69, 9.17) is 4.98 Å². The Labute approximate surface area is 334 Å². The minimum Gasteiger partial charge on any atom is -0.309 e. The molecule has 3 heterocycles. The zero-order chi connectivity index (χ0) is 37.9. The second-order valence-electron chi connectivity index (χ2n) is 15.5. The van der Waals surface area contributed by atoms with Gasteiger partial charge in [-0.1, -0.05) is 140 Å². The van der Waals surface area contributed by atoms with Gasteiger partial charge in [0.25, 0.3) is 0 Å². The number of aromatic nitrogens is 3. The fraction of sp³-hybridized carbons (Fsp3) is 0. The molecule has 0 fully saturated rings. The third-order valence-corrected chi connectivity index (χ3v) is 12.4. The molecule has 12 aromatic rings. The summed E-state index contributed by atoms with van der Waals surface area (Å²) in [5.74, 6) is 0. The van der Waals surface area contributed by atoms with Crippen molar-refractivity contribution in [3.8, 4) is 56.1 Å². The average Bonchev–Trinajstić information content (AvgIpc) is 3.93. The van der Waals surface area contributed by atoms with Crippen molar-refractivity contribution in [1.29, 1.82) is 0 Å². The van der Waals surface area contributed by atoms with Crippen LogP contribution in [0.2, 0.25) is 0 Å². The molecule has 3 nitrogen and oxygen atoms in total. The smallest absolute Gasteiger partial charge is 0.0800 e. The van der Waals surface area contributed by atoms with E-state index in [0.29, 0.717) is 0 Å². The van der Waals surface area contributed by atoms with E-state index in [-0.39, 0.29) is 0 Å². The number of benzene rings is 9. The number of fused-ring (bicyclic) bond motifs is 11. The van der Waals surface area contributed by atoms with Crippen LogP contribution >= 0.6 is 0 Å². The first-order valence-corrected chi connectivity index (χ1v) is 20.0. The Balaban J connectivity index is 1.01. The molecular weight excluding hydrogens is 703 g/mol. The monoisotopic (exact) mass is 735 g/mol. The van der Waals surface area contributed by atoms with Crippen LogP contribution in [0.3, 0.4) is 0 Å². The number of para-hydroxylation sites is 2. The van der Waals surface area contributed by atoms with E-state index in [2.05, 4.69) is 209 Å². The molecule has 0 saturated carbocycles. The average molecular weight is 736 g/mol. The van der Waals surface area contributed by atoms with Crippen LogP contribution in [0.15, 0.2) is 200 Å². The van der Waals surface area contributed by atoms with Crippen LogP contribution in [0.25, 0.3) is 121 Å². The predicted molar refractivity (Wildman–Crippen MR) is 243 cm³/mol. The van der Waals surface area contributed by atoms with Crippen molar-refractivity contribution in [2.45, 2.75) is 0 Å². The molecule has 58 heavy (non-hydrogen) atoms. The summed E-state index contributed by atoms with van der Waals surface area (Å²) in [6, 6.07) is 73.2. The van der Waals surface area contributed by atoms with Crippen molar-refractivity contribution in [3.05, 3.63) is 200 Å². The van der Waals surface area contributed by atoms with E-state index >= 15 is 0 Å². The summed E-state index contributed by atoms with van der Waals surface area (Å²) in [5, 5.41) is 9.91. The molecule has 268 valence electrons. The molecule has 9 aromatic carbocycles. The van der Waals surface area contributed by atoms with Crippen molar-refractivity contribution in [2.75, 3.05) is 0 Å². The normalized spacial score (nSPS) is 12.1. The molecular formula is C55H33N3. The number of hydrogen-bond acceptors (Lipinski definition) is 1. The Bertz CT molecular complexity index is 3680. The van der Waals surface area contributed by atoms with E-state index in [1.165, 1.54) is 98.7 Å². The molecule has 0 unspecified atom stereocenters. The predicted octanol–water partition coefficient (Wildman–Crippen LogP) is 14.6. The highest BCUT2D eigenvalue weighted by Gasteiger charge is 2.24. The first-order chi connectivity index (χ1) is 28.8. The zero-order valence-electron chi connectivity index (χ0n) is 31.4. The SMILES string of the molecule is c1ccc(-n2c3ccccc3c3cc(-c4ccc5c(c4)c4ccc6ccccc6c4n5-c4cccc(-c5cc6cccc7c6c(n5)-c5ccccc5-7)c4)ccc32)cc1. The minimum atomic E-state index is 0.982. The Morgan fingerprint density at radius 2 is 0.966 bits per heavy atom. The lowest BCUT2D eigenvalue weighted by Gasteiger charge is -2.13. The third-order valence-electron chi connectivity index (χ3n) is 12.4. The lowest BCUT2D eigenvalue weighted by atomic mass is 10.00. The van der Waals surface area contributed by atoms with Gasteiger partial charge in [-0.25, -0.2) is 4.98 Å². The van der Waals surface area contributed by atoms with Crippen LogP contribution < -0.4 is 0 Å². The molecule has 0 saturated heterocycles. The second kappa shape index (κ2) is 11.9. The molecule has 0 aliphatic heterocycles. The van der Waals surface area contributed by atoms with Crippen molar-refractivity contribution in [2.24, 2.45) is 0 Å². The number of pyridine rings is 1. The number of hydrogen-bond donors (Lipinski definition) is 0. The number of rotatable bonds is 4. The van der Waals surface area contributed by atoms with Crippen molar-refractivity contribution in [3.63, 3.8) is 0 Å². The van der Waals surface area contributed by atoms with Gasteiger partial charge >= 0.3 is 0 Å². The maximum atomic E-state index is 5.37. The van der Waals surface area contributed by atoms with Gasteiger partial charge in [-0.15, -0.1) is 0 Å². The highest BCUT2D eigenvalue weighted by molar-refractivity contribution is 6.20. The molecule has 13 rings (SSSR count). The topological polar surface area (TPSA) is 22.8 Å². The minimum absolute atomic E-state index is 0.982. The molecule has 0 N–H and O–H groups in total. The van der Waals surface area contributed by atoms with Gasteiger partial charge in [-0.05, 0) is 93.7 Å². The van der Waals surface area contributed by atoms with E-state index in [9.17, 15) is 0 Å². The second-order valence-corrected chi connectivity index (χ2v) is 15.5. The maximum absolute atomic E-state index is 5.37. The maximum Gasteiger partial charge on any atom is 0.0800 e. The fourth-order valence-electron chi connectivity index (χ4n) is 9.84. The van der Waals surface area contributed by atoms with Crippen LogP contribution in [0.1, 0.15) is 0 Å². The summed E-state index contributed by atoms with van der Waals surface area (Å²) >= 11 is 0. The molecule has 0 bridgehead atoms. The Morgan fingerprint density at radius 3 is 1.83 bits per heavy atom. The fourth-order valence-corrected chi connectivity index (χ4v) is 9.84. The first-order valence-electron chi connectivity index (χ1n) is 20.0. The summed E-state index contributed by atoms with van der Waals surface area (Å²) in [4.78, 5) is 5.37. The lowest BCUT2D eigenvalue weighted by molar-refractivity contribution is 1.18. The zero-order valence-corrected chi connectivity index (χ0v) is 31.4. The van der Waals surface area contributed by atoms with Crippen molar-refractivity contribution >= 4 is 65.2 Å². The van der Waals surface area contributed by atoms with Gasteiger partial charge in [0, 0.05) is 54.8 Å². The molecule has 3 aromatic heterocycles. The number of nitrogens with zero attached hydrogens (tertiary/aromatic N) is 3. The van der Waals surface area contributed by atoms with Crippen LogP contribution in [-0.2, 0) is 0 Å². The van der Waals surface area contributed by atoms with E-state index in [1.807, 2.05) is 0 Å². The van der Waals surface area contributed by atoms with Crippen LogP contribution in [-0.4, -0.2) is 14.1 Å². The van der Waals surface area contributed by atoms with Gasteiger partial charge < -0.3 is 9.13 Å². The molecule has 0 amide bonds.